The molecule has 0 heterocycles. The van der Waals surface area contributed by atoms with E-state index < -0.39 is 0 Å². The first-order chi connectivity index (χ1) is 6.50. The van der Waals surface area contributed by atoms with Crippen LogP contribution in [-0.2, 0) is 0 Å². The van der Waals surface area contributed by atoms with Gasteiger partial charge in [0.05, 0.1) is 5.82 Å². The maximum Gasteiger partial charge on any atom is 0.0930 e. The molecule has 0 aliphatic rings. The Balaban J connectivity index is 3.09. The lowest BCUT2D eigenvalue weighted by molar-refractivity contribution is 0.868. The Morgan fingerprint density at radius 3 is 2.64 bits per heavy atom. The molecule has 0 saturated carbocycles. The van der Waals surface area contributed by atoms with Gasteiger partial charge in [-0.1, -0.05) is 38.1 Å². The molecule has 1 aromatic carbocycles. The summed E-state index contributed by atoms with van der Waals surface area (Å²) in [6, 6.07) is 5.73. The lowest BCUT2D eigenvalue weighted by Gasteiger charge is -2.14. The van der Waals surface area contributed by atoms with Gasteiger partial charge in [0.2, 0.25) is 0 Å². The van der Waals surface area contributed by atoms with Crippen molar-refractivity contribution < 1.29 is 0 Å². The Labute approximate surface area is 89.8 Å². The van der Waals surface area contributed by atoms with Crippen LogP contribution in [0.4, 0.5) is 5.69 Å². The summed E-state index contributed by atoms with van der Waals surface area (Å²) in [5.41, 5.74) is 7.61. The zero-order valence-electron chi connectivity index (χ0n) is 8.47. The molecule has 3 heteroatoms. The fourth-order valence-electron chi connectivity index (χ4n) is 1.31. The zero-order valence-corrected chi connectivity index (χ0v) is 9.23. The first-order valence-electron chi connectivity index (χ1n) is 4.51. The fourth-order valence-corrected chi connectivity index (χ4v) is 1.49. The third-order valence-electron chi connectivity index (χ3n) is 1.93. The number of hydrogen-bond acceptors (Lipinski definition) is 2. The van der Waals surface area contributed by atoms with Gasteiger partial charge >= 0.3 is 0 Å². The summed E-state index contributed by atoms with van der Waals surface area (Å²) >= 11 is 5.89. The molecule has 0 saturated heterocycles. The molecule has 0 spiro atoms. The second kappa shape index (κ2) is 4.38. The van der Waals surface area contributed by atoms with Gasteiger partial charge in [0.15, 0.2) is 0 Å². The van der Waals surface area contributed by atoms with Crippen molar-refractivity contribution >= 4 is 17.3 Å². The summed E-state index contributed by atoms with van der Waals surface area (Å²) in [4.78, 5) is 0. The quantitative estimate of drug-likeness (QED) is 0.804. The SMILES string of the molecule is C=C(N)Nc1cc(Cl)ccc1C(C)C. The first kappa shape index (κ1) is 10.9. The van der Waals surface area contributed by atoms with E-state index >= 15 is 0 Å². The number of hydrogen-bond donors (Lipinski definition) is 2. The Bertz CT molecular complexity index is 345. The van der Waals surface area contributed by atoms with E-state index in [1.54, 1.807) is 0 Å². The van der Waals surface area contributed by atoms with Crippen LogP contribution in [0.3, 0.4) is 0 Å². The predicted molar refractivity (Wildman–Crippen MR) is 62.5 cm³/mol. The summed E-state index contributed by atoms with van der Waals surface area (Å²) in [7, 11) is 0. The molecule has 3 N–H and O–H groups in total. The summed E-state index contributed by atoms with van der Waals surface area (Å²) in [5.74, 6) is 0.850. The maximum atomic E-state index is 5.89. The number of nitrogens with one attached hydrogen (secondary N) is 1. The Morgan fingerprint density at radius 2 is 2.14 bits per heavy atom. The van der Waals surface area contributed by atoms with E-state index in [1.165, 1.54) is 5.56 Å². The molecule has 1 rings (SSSR count). The van der Waals surface area contributed by atoms with Crippen molar-refractivity contribution in [1.82, 2.24) is 0 Å². The van der Waals surface area contributed by atoms with Gasteiger partial charge in [-0.3, -0.25) is 0 Å². The van der Waals surface area contributed by atoms with Crippen molar-refractivity contribution in [3.8, 4) is 0 Å². The standard InChI is InChI=1S/C11H15ClN2/c1-7(2)10-5-4-9(12)6-11(10)14-8(3)13/h4-7,14H,3,13H2,1-2H3. The molecule has 0 radical (unpaired) electrons. The van der Waals surface area contributed by atoms with Crippen LogP contribution in [0.5, 0.6) is 0 Å². The maximum absolute atomic E-state index is 5.89. The molecule has 0 bridgehead atoms. The highest BCUT2D eigenvalue weighted by atomic mass is 35.5. The number of nitrogens with two attached hydrogens (primary N) is 1. The molecular formula is C11H15ClN2. The van der Waals surface area contributed by atoms with E-state index in [2.05, 4.69) is 25.7 Å². The molecular weight excluding hydrogens is 196 g/mol. The molecule has 76 valence electrons. The van der Waals surface area contributed by atoms with Gasteiger partial charge < -0.3 is 11.1 Å². The minimum atomic E-state index is 0.425. The molecule has 0 unspecified atom stereocenters. The predicted octanol–water partition coefficient (Wildman–Crippen LogP) is 3.31. The fraction of sp³-hybridized carbons (Fsp3) is 0.273. The van der Waals surface area contributed by atoms with Crippen LogP contribution in [0.2, 0.25) is 5.02 Å². The van der Waals surface area contributed by atoms with Crippen molar-refractivity contribution in [2.24, 2.45) is 5.73 Å². The molecule has 0 amide bonds. The molecule has 0 atom stereocenters. The molecule has 0 aromatic heterocycles. The second-order valence-electron chi connectivity index (χ2n) is 3.54. The minimum Gasteiger partial charge on any atom is -0.386 e. The van der Waals surface area contributed by atoms with Gasteiger partial charge in [0.1, 0.15) is 0 Å². The van der Waals surface area contributed by atoms with E-state index in [1.807, 2.05) is 18.2 Å². The van der Waals surface area contributed by atoms with E-state index in [0.717, 1.165) is 5.69 Å². The third-order valence-corrected chi connectivity index (χ3v) is 2.17. The number of halogens is 1. The third kappa shape index (κ3) is 2.67. The largest absolute Gasteiger partial charge is 0.386 e. The first-order valence-corrected chi connectivity index (χ1v) is 4.89. The zero-order chi connectivity index (χ0) is 10.7. The smallest absolute Gasteiger partial charge is 0.0930 e. The van der Waals surface area contributed by atoms with Gasteiger partial charge in [0.25, 0.3) is 0 Å². The van der Waals surface area contributed by atoms with Gasteiger partial charge in [0, 0.05) is 10.7 Å². The number of benzene rings is 1. The van der Waals surface area contributed by atoms with Crippen molar-refractivity contribution in [2.45, 2.75) is 19.8 Å². The van der Waals surface area contributed by atoms with E-state index in [-0.39, 0.29) is 0 Å². The molecule has 14 heavy (non-hydrogen) atoms. The van der Waals surface area contributed by atoms with Crippen LogP contribution >= 0.6 is 11.6 Å². The average molecular weight is 211 g/mol. The van der Waals surface area contributed by atoms with Crippen LogP contribution in [-0.4, -0.2) is 0 Å². The lowest BCUT2D eigenvalue weighted by atomic mass is 10.0. The molecule has 0 aliphatic carbocycles. The highest BCUT2D eigenvalue weighted by Crippen LogP contribution is 2.27. The van der Waals surface area contributed by atoms with Crippen molar-refractivity contribution in [1.29, 1.82) is 0 Å². The highest BCUT2D eigenvalue weighted by molar-refractivity contribution is 6.30. The van der Waals surface area contributed by atoms with Crippen LogP contribution in [0, 0.1) is 0 Å². The van der Waals surface area contributed by atoms with Crippen molar-refractivity contribution in [2.75, 3.05) is 5.32 Å². The topological polar surface area (TPSA) is 38.0 Å². The van der Waals surface area contributed by atoms with E-state index in [9.17, 15) is 0 Å². The number of rotatable bonds is 3. The van der Waals surface area contributed by atoms with Crippen LogP contribution in [0.25, 0.3) is 0 Å². The Hall–Kier alpha value is -1.15. The van der Waals surface area contributed by atoms with Crippen molar-refractivity contribution in [3.63, 3.8) is 0 Å². The summed E-state index contributed by atoms with van der Waals surface area (Å²) < 4.78 is 0. The van der Waals surface area contributed by atoms with Gasteiger partial charge in [-0.2, -0.15) is 0 Å². The van der Waals surface area contributed by atoms with Crippen LogP contribution < -0.4 is 11.1 Å². The van der Waals surface area contributed by atoms with Gasteiger partial charge in [-0.15, -0.1) is 0 Å². The summed E-state index contributed by atoms with van der Waals surface area (Å²) in [6.07, 6.45) is 0. The average Bonchev–Trinajstić information content (AvgIpc) is 2.01. The van der Waals surface area contributed by atoms with Crippen molar-refractivity contribution in [3.05, 3.63) is 41.2 Å². The van der Waals surface area contributed by atoms with Gasteiger partial charge in [-0.25, -0.2) is 0 Å². The van der Waals surface area contributed by atoms with E-state index in [4.69, 9.17) is 17.3 Å². The Morgan fingerprint density at radius 1 is 1.50 bits per heavy atom. The molecule has 2 nitrogen and oxygen atoms in total. The van der Waals surface area contributed by atoms with Gasteiger partial charge in [-0.05, 0) is 23.6 Å². The molecule has 0 aliphatic heterocycles. The number of anilines is 1. The highest BCUT2D eigenvalue weighted by Gasteiger charge is 2.06. The van der Waals surface area contributed by atoms with Crippen LogP contribution in [0.15, 0.2) is 30.6 Å². The molecule has 1 aromatic rings. The minimum absolute atomic E-state index is 0.425. The second-order valence-corrected chi connectivity index (χ2v) is 3.97. The lowest BCUT2D eigenvalue weighted by Crippen LogP contribution is -2.09. The summed E-state index contributed by atoms with van der Waals surface area (Å²) in [5, 5.41) is 3.69. The van der Waals surface area contributed by atoms with E-state index in [0.29, 0.717) is 16.8 Å². The molecule has 0 fully saturated rings. The normalized spacial score (nSPS) is 10.3. The monoisotopic (exact) mass is 210 g/mol. The van der Waals surface area contributed by atoms with Crippen LogP contribution in [0.1, 0.15) is 25.3 Å². The Kier molecular flexibility index (Phi) is 3.42. The summed E-state index contributed by atoms with van der Waals surface area (Å²) in [6.45, 7) is 7.84.